The van der Waals surface area contributed by atoms with Gasteiger partial charge in [-0.25, -0.2) is 13.4 Å². The average molecular weight is 775 g/mol. The van der Waals surface area contributed by atoms with Crippen molar-refractivity contribution in [2.75, 3.05) is 42.6 Å². The number of ether oxygens (including phenoxy) is 1. The van der Waals surface area contributed by atoms with Crippen LogP contribution in [0, 0.1) is 6.92 Å². The fraction of sp³-hybridized carbons (Fsp3) is 0.500. The predicted octanol–water partition coefficient (Wildman–Crippen LogP) is 7.71. The Kier molecular flexibility index (Phi) is 13.1. The Hall–Kier alpha value is -3.17. The number of hydrogen-bond acceptors (Lipinski definition) is 11. The first-order valence-electron chi connectivity index (χ1n) is 17.3. The number of carbonyl (C=O) groups is 1. The van der Waals surface area contributed by atoms with Gasteiger partial charge in [-0.2, -0.15) is 4.98 Å². The Morgan fingerprint density at radius 2 is 1.82 bits per heavy atom. The number of amides is 1. The van der Waals surface area contributed by atoms with Crippen molar-refractivity contribution < 1.29 is 23.1 Å². The van der Waals surface area contributed by atoms with Crippen LogP contribution < -0.4 is 15.4 Å². The lowest BCUT2D eigenvalue weighted by molar-refractivity contribution is 0.205. The van der Waals surface area contributed by atoms with E-state index in [0.717, 1.165) is 42.8 Å². The third kappa shape index (κ3) is 9.44. The highest BCUT2D eigenvalue weighted by Crippen LogP contribution is 2.39. The van der Waals surface area contributed by atoms with Crippen LogP contribution in [-0.2, 0) is 9.84 Å². The van der Waals surface area contributed by atoms with Crippen molar-refractivity contribution in [3.63, 3.8) is 0 Å². The van der Waals surface area contributed by atoms with Gasteiger partial charge in [0.25, 0.3) is 5.24 Å². The van der Waals surface area contributed by atoms with Crippen LogP contribution in [0.4, 0.5) is 27.9 Å². The monoisotopic (exact) mass is 774 g/mol. The molecule has 3 N–H and O–H groups in total. The first kappa shape index (κ1) is 39.0. The largest absolute Gasteiger partial charge is 0.489 e. The number of nitrogens with zero attached hydrogens (tertiary/aromatic N) is 4. The van der Waals surface area contributed by atoms with E-state index in [4.69, 9.17) is 28.6 Å². The molecule has 11 nitrogen and oxygen atoms in total. The maximum absolute atomic E-state index is 13.1. The highest BCUT2D eigenvalue weighted by atomic mass is 35.5. The summed E-state index contributed by atoms with van der Waals surface area (Å²) in [5.74, 6) is 1.87. The van der Waals surface area contributed by atoms with Crippen LogP contribution in [0.3, 0.4) is 0 Å². The van der Waals surface area contributed by atoms with E-state index in [1.807, 2.05) is 24.8 Å². The lowest BCUT2D eigenvalue weighted by Gasteiger charge is -2.33. The Bertz CT molecular complexity index is 1840. The SMILES string of the molecule is Cc1cc(Nc2ncc(Cl)c(Nc3ccccc3S(=O)(=O)C(C)C)n2)c(OC(C)C)cc1C1CCN(C(=O)SCC(=S)N2CCC[C@H]2CO)CC1. The van der Waals surface area contributed by atoms with Gasteiger partial charge in [0.05, 0.1) is 57.2 Å². The molecule has 2 fully saturated rings. The number of hydrogen-bond donors (Lipinski definition) is 3. The lowest BCUT2D eigenvalue weighted by Crippen LogP contribution is -2.39. The zero-order valence-electron chi connectivity index (χ0n) is 29.7. The molecular weight excluding hydrogens is 728 g/mol. The van der Waals surface area contributed by atoms with Crippen molar-refractivity contribution in [1.82, 2.24) is 19.8 Å². The number of para-hydroxylation sites is 1. The van der Waals surface area contributed by atoms with Crippen LogP contribution in [0.5, 0.6) is 5.75 Å². The molecule has 2 aromatic carbocycles. The Morgan fingerprint density at radius 3 is 2.51 bits per heavy atom. The molecule has 0 unspecified atom stereocenters. The molecule has 0 saturated carbocycles. The number of aryl methyl sites for hydroxylation is 1. The molecule has 2 saturated heterocycles. The molecule has 5 rings (SSSR count). The summed E-state index contributed by atoms with van der Waals surface area (Å²) in [4.78, 5) is 27.0. The van der Waals surface area contributed by atoms with E-state index in [2.05, 4.69) is 38.5 Å². The molecule has 3 heterocycles. The van der Waals surface area contributed by atoms with E-state index in [-0.39, 0.29) is 51.6 Å². The van der Waals surface area contributed by atoms with E-state index < -0.39 is 15.1 Å². The normalized spacial score (nSPS) is 16.9. The molecule has 2 aliphatic rings. The number of thioether (sulfide) groups is 1. The molecule has 1 atom stereocenters. The van der Waals surface area contributed by atoms with Gasteiger partial charge in [-0.1, -0.05) is 47.7 Å². The van der Waals surface area contributed by atoms with Gasteiger partial charge in [-0.3, -0.25) is 4.79 Å². The third-order valence-corrected chi connectivity index (χ3v) is 13.2. The van der Waals surface area contributed by atoms with Gasteiger partial charge in [0, 0.05) is 19.6 Å². The van der Waals surface area contributed by atoms with Crippen LogP contribution >= 0.6 is 35.6 Å². The molecule has 3 aromatic rings. The predicted molar refractivity (Wildman–Crippen MR) is 210 cm³/mol. The molecule has 0 spiro atoms. The van der Waals surface area contributed by atoms with Crippen LogP contribution in [0.2, 0.25) is 5.02 Å². The van der Waals surface area contributed by atoms with Crippen LogP contribution in [0.25, 0.3) is 0 Å². The van der Waals surface area contributed by atoms with Crippen molar-refractivity contribution in [3.05, 3.63) is 58.7 Å². The van der Waals surface area contributed by atoms with Gasteiger partial charge >= 0.3 is 0 Å². The number of carbonyl (C=O) groups excluding carboxylic acids is 1. The van der Waals surface area contributed by atoms with E-state index in [1.165, 1.54) is 23.5 Å². The zero-order valence-corrected chi connectivity index (χ0v) is 32.9. The van der Waals surface area contributed by atoms with Crippen molar-refractivity contribution in [1.29, 1.82) is 0 Å². The summed E-state index contributed by atoms with van der Waals surface area (Å²) in [5, 5.41) is 15.7. The maximum Gasteiger partial charge on any atom is 0.282 e. The zero-order chi connectivity index (χ0) is 36.9. The molecule has 2 aliphatic heterocycles. The number of sulfone groups is 1. The number of piperidine rings is 1. The van der Waals surface area contributed by atoms with Gasteiger partial charge in [-0.15, -0.1) is 0 Å². The summed E-state index contributed by atoms with van der Waals surface area (Å²) in [6.07, 6.45) is 4.96. The number of nitrogens with one attached hydrogen (secondary N) is 2. The second-order valence-electron chi connectivity index (χ2n) is 13.5. The minimum atomic E-state index is -3.57. The number of likely N-dealkylation sites (tertiary alicyclic amines) is 2. The quantitative estimate of drug-likeness (QED) is 0.156. The van der Waals surface area contributed by atoms with Crippen molar-refractivity contribution in [3.8, 4) is 5.75 Å². The van der Waals surface area contributed by atoms with E-state index in [0.29, 0.717) is 36.0 Å². The van der Waals surface area contributed by atoms with Crippen molar-refractivity contribution in [2.45, 2.75) is 88.5 Å². The fourth-order valence-electron chi connectivity index (χ4n) is 6.45. The average Bonchev–Trinajstić information content (AvgIpc) is 3.59. The van der Waals surface area contributed by atoms with Crippen LogP contribution in [-0.4, -0.2) is 92.9 Å². The van der Waals surface area contributed by atoms with Gasteiger partial charge in [-0.05, 0) is 102 Å². The molecule has 0 bridgehead atoms. The van der Waals surface area contributed by atoms with E-state index >= 15 is 0 Å². The minimum Gasteiger partial charge on any atom is -0.489 e. The molecule has 0 radical (unpaired) electrons. The lowest BCUT2D eigenvalue weighted by atomic mass is 9.86. The highest BCUT2D eigenvalue weighted by Gasteiger charge is 2.29. The van der Waals surface area contributed by atoms with E-state index in [9.17, 15) is 18.3 Å². The molecule has 1 aromatic heterocycles. The maximum atomic E-state index is 13.1. The van der Waals surface area contributed by atoms with Gasteiger partial charge in [0.1, 0.15) is 10.8 Å². The Morgan fingerprint density at radius 1 is 1.10 bits per heavy atom. The first-order chi connectivity index (χ1) is 24.3. The number of aliphatic hydroxyl groups excluding tert-OH is 1. The summed E-state index contributed by atoms with van der Waals surface area (Å²) in [7, 11) is -3.57. The Labute approximate surface area is 315 Å². The number of aliphatic hydroxyl groups is 1. The molecule has 276 valence electrons. The summed E-state index contributed by atoms with van der Waals surface area (Å²) in [5.41, 5.74) is 3.29. The fourth-order valence-corrected chi connectivity index (χ4v) is 8.99. The number of halogens is 1. The second-order valence-corrected chi connectivity index (χ2v) is 17.8. The standard InChI is InChI=1S/C36H47ClN6O5S3/c1-22(2)48-31-18-27(25-12-15-42(16-13-25)36(45)50-21-33(49)43-14-8-9-26(43)20-44)24(5)17-30(31)40-35-38-19-28(37)34(41-35)39-29-10-6-7-11-32(29)51(46,47)23(3)4/h6-7,10-11,17-19,22-23,25-26,44H,8-9,12-16,20-21H2,1-5H3,(H2,38,39,40,41)/t26-/m0/s1. The summed E-state index contributed by atoms with van der Waals surface area (Å²) < 4.78 is 32.3. The van der Waals surface area contributed by atoms with E-state index in [1.54, 1.807) is 38.1 Å². The number of anilines is 4. The number of rotatable bonds is 12. The highest BCUT2D eigenvalue weighted by molar-refractivity contribution is 8.14. The molecule has 1 amide bonds. The van der Waals surface area contributed by atoms with Crippen LogP contribution in [0.15, 0.2) is 47.5 Å². The summed E-state index contributed by atoms with van der Waals surface area (Å²) in [6, 6.07) is 10.8. The smallest absolute Gasteiger partial charge is 0.282 e. The van der Waals surface area contributed by atoms with Gasteiger partial charge in [0.15, 0.2) is 15.7 Å². The number of aromatic nitrogens is 2. The molecule has 0 aliphatic carbocycles. The van der Waals surface area contributed by atoms with Gasteiger partial charge in [0.2, 0.25) is 5.95 Å². The molecule has 51 heavy (non-hydrogen) atoms. The van der Waals surface area contributed by atoms with Crippen LogP contribution in [0.1, 0.15) is 70.4 Å². The topological polar surface area (TPSA) is 137 Å². The molecule has 15 heteroatoms. The summed E-state index contributed by atoms with van der Waals surface area (Å²) in [6.45, 7) is 11.5. The number of thiocarbonyl (C=S) groups is 1. The van der Waals surface area contributed by atoms with Gasteiger partial charge < -0.3 is 30.3 Å². The first-order valence-corrected chi connectivity index (χ1v) is 20.6. The molecular formula is C36H47ClN6O5S3. The summed E-state index contributed by atoms with van der Waals surface area (Å²) >= 11 is 13.3. The van der Waals surface area contributed by atoms with Crippen molar-refractivity contribution >= 4 is 78.8 Å². The van der Waals surface area contributed by atoms with Crippen molar-refractivity contribution in [2.24, 2.45) is 0 Å². The number of benzene rings is 2. The third-order valence-electron chi connectivity index (χ3n) is 9.21. The minimum absolute atomic E-state index is 0.0394. The Balaban J connectivity index is 1.28. The second kappa shape index (κ2) is 17.1.